The van der Waals surface area contributed by atoms with Gasteiger partial charge in [-0.1, -0.05) is 28.9 Å². The summed E-state index contributed by atoms with van der Waals surface area (Å²) in [5.74, 6) is 2.09. The van der Waals surface area contributed by atoms with Gasteiger partial charge >= 0.3 is 0 Å². The van der Waals surface area contributed by atoms with E-state index in [9.17, 15) is 4.79 Å². The van der Waals surface area contributed by atoms with Crippen LogP contribution in [-0.4, -0.2) is 41.2 Å². The molecule has 0 unspecified atom stereocenters. The maximum atomic E-state index is 12.7. The lowest BCUT2D eigenvalue weighted by atomic mass is 10.2. The molecule has 2 heterocycles. The van der Waals surface area contributed by atoms with E-state index in [1.165, 1.54) is 0 Å². The number of amides is 1. The standard InChI is InChI=1S/C21H20ClN3O4/c1-27-17-5-2-4-14(12-17)20-23-21(29-24-20)18-6-3-11-25(18)19(26)13-28-16-9-7-15(22)8-10-16/h2,4-5,7-10,12,18H,3,6,11,13H2,1H3/t18-/m1/s1. The van der Waals surface area contributed by atoms with Gasteiger partial charge in [-0.2, -0.15) is 4.98 Å². The van der Waals surface area contributed by atoms with E-state index < -0.39 is 0 Å². The Hall–Kier alpha value is -3.06. The fraction of sp³-hybridized carbons (Fsp3) is 0.286. The predicted molar refractivity (Wildman–Crippen MR) is 107 cm³/mol. The van der Waals surface area contributed by atoms with Crippen molar-refractivity contribution in [2.45, 2.75) is 18.9 Å². The Balaban J connectivity index is 1.44. The third kappa shape index (κ3) is 4.35. The molecule has 1 aromatic heterocycles. The molecule has 0 saturated carbocycles. The molecule has 0 N–H and O–H groups in total. The summed E-state index contributed by atoms with van der Waals surface area (Å²) in [7, 11) is 1.61. The molecule has 1 atom stereocenters. The number of methoxy groups -OCH3 is 1. The van der Waals surface area contributed by atoms with Crippen LogP contribution in [0.3, 0.4) is 0 Å². The fourth-order valence-corrected chi connectivity index (χ4v) is 3.46. The van der Waals surface area contributed by atoms with E-state index >= 15 is 0 Å². The van der Waals surface area contributed by atoms with E-state index in [2.05, 4.69) is 10.1 Å². The average Bonchev–Trinajstić information content (AvgIpc) is 3.42. The summed E-state index contributed by atoms with van der Waals surface area (Å²) in [6.07, 6.45) is 1.64. The van der Waals surface area contributed by atoms with Crippen LogP contribution in [0.4, 0.5) is 0 Å². The smallest absolute Gasteiger partial charge is 0.261 e. The van der Waals surface area contributed by atoms with Gasteiger partial charge in [0.15, 0.2) is 6.61 Å². The summed E-state index contributed by atoms with van der Waals surface area (Å²) >= 11 is 5.87. The lowest BCUT2D eigenvalue weighted by molar-refractivity contribution is -0.134. The zero-order valence-electron chi connectivity index (χ0n) is 15.9. The Morgan fingerprint density at radius 1 is 1.24 bits per heavy atom. The van der Waals surface area contributed by atoms with Gasteiger partial charge in [-0.3, -0.25) is 4.79 Å². The second kappa shape index (κ2) is 8.53. The van der Waals surface area contributed by atoms with Crippen molar-refractivity contribution in [1.29, 1.82) is 0 Å². The number of likely N-dealkylation sites (tertiary alicyclic amines) is 1. The predicted octanol–water partition coefficient (Wildman–Crippen LogP) is 4.14. The van der Waals surface area contributed by atoms with Gasteiger partial charge in [0.1, 0.15) is 17.5 Å². The van der Waals surface area contributed by atoms with Gasteiger partial charge in [0.2, 0.25) is 11.7 Å². The number of carbonyl (C=O) groups excluding carboxylic acids is 1. The monoisotopic (exact) mass is 413 g/mol. The number of rotatable bonds is 6. The fourth-order valence-electron chi connectivity index (χ4n) is 3.33. The molecule has 1 aliphatic rings. The maximum absolute atomic E-state index is 12.7. The van der Waals surface area contributed by atoms with Crippen LogP contribution in [0, 0.1) is 0 Å². The van der Waals surface area contributed by atoms with E-state index in [-0.39, 0.29) is 18.6 Å². The first-order valence-electron chi connectivity index (χ1n) is 9.30. The molecule has 1 aliphatic heterocycles. The van der Waals surface area contributed by atoms with Gasteiger partial charge in [-0.25, -0.2) is 0 Å². The summed E-state index contributed by atoms with van der Waals surface area (Å²) in [6, 6.07) is 14.1. The molecule has 2 aromatic carbocycles. The Labute approximate surface area is 173 Å². The number of aromatic nitrogens is 2. The normalized spacial score (nSPS) is 16.1. The highest BCUT2D eigenvalue weighted by molar-refractivity contribution is 6.30. The van der Waals surface area contributed by atoms with Crippen LogP contribution < -0.4 is 9.47 Å². The van der Waals surface area contributed by atoms with Gasteiger partial charge < -0.3 is 18.9 Å². The lowest BCUT2D eigenvalue weighted by Crippen LogP contribution is -2.34. The first kappa shape index (κ1) is 19.3. The summed E-state index contributed by atoms with van der Waals surface area (Å²) in [5.41, 5.74) is 0.793. The number of hydrogen-bond acceptors (Lipinski definition) is 6. The minimum absolute atomic E-state index is 0.0605. The third-order valence-corrected chi connectivity index (χ3v) is 5.06. The molecule has 0 spiro atoms. The SMILES string of the molecule is COc1cccc(-c2noc([C@H]3CCCN3C(=O)COc3ccc(Cl)cc3)n2)c1. The van der Waals surface area contributed by atoms with E-state index in [4.69, 9.17) is 25.6 Å². The van der Waals surface area contributed by atoms with Crippen LogP contribution in [0.25, 0.3) is 11.4 Å². The molecule has 1 fully saturated rings. The van der Waals surface area contributed by atoms with Crippen molar-refractivity contribution in [1.82, 2.24) is 15.0 Å². The van der Waals surface area contributed by atoms with Crippen molar-refractivity contribution in [3.63, 3.8) is 0 Å². The quantitative estimate of drug-likeness (QED) is 0.604. The van der Waals surface area contributed by atoms with Crippen LogP contribution in [0.1, 0.15) is 24.8 Å². The maximum Gasteiger partial charge on any atom is 0.261 e. The van der Waals surface area contributed by atoms with E-state index in [0.29, 0.717) is 34.8 Å². The summed E-state index contributed by atoms with van der Waals surface area (Å²) in [4.78, 5) is 18.9. The van der Waals surface area contributed by atoms with Gasteiger partial charge in [0.05, 0.1) is 7.11 Å². The van der Waals surface area contributed by atoms with Crippen LogP contribution in [0.2, 0.25) is 5.02 Å². The Kier molecular flexibility index (Phi) is 5.67. The van der Waals surface area contributed by atoms with Crippen molar-refractivity contribution in [3.8, 4) is 22.9 Å². The Morgan fingerprint density at radius 3 is 2.86 bits per heavy atom. The summed E-state index contributed by atoms with van der Waals surface area (Å²) in [5, 5.41) is 4.70. The molecular weight excluding hydrogens is 394 g/mol. The van der Waals surface area contributed by atoms with Crippen LogP contribution >= 0.6 is 11.6 Å². The third-order valence-electron chi connectivity index (χ3n) is 4.80. The molecule has 8 heteroatoms. The topological polar surface area (TPSA) is 77.7 Å². The van der Waals surface area contributed by atoms with Crippen molar-refractivity contribution in [2.24, 2.45) is 0 Å². The Bertz CT molecular complexity index is 990. The highest BCUT2D eigenvalue weighted by Gasteiger charge is 2.34. The minimum Gasteiger partial charge on any atom is -0.497 e. The second-order valence-corrected chi connectivity index (χ2v) is 7.11. The lowest BCUT2D eigenvalue weighted by Gasteiger charge is -2.21. The second-order valence-electron chi connectivity index (χ2n) is 6.68. The first-order valence-corrected chi connectivity index (χ1v) is 9.68. The Morgan fingerprint density at radius 2 is 2.07 bits per heavy atom. The minimum atomic E-state index is -0.247. The molecule has 7 nitrogen and oxygen atoms in total. The van der Waals surface area contributed by atoms with Crippen molar-refractivity contribution in [2.75, 3.05) is 20.3 Å². The molecule has 4 rings (SSSR count). The number of halogens is 1. The van der Waals surface area contributed by atoms with E-state index in [1.54, 1.807) is 36.3 Å². The average molecular weight is 414 g/mol. The zero-order chi connectivity index (χ0) is 20.2. The molecule has 3 aromatic rings. The summed E-state index contributed by atoms with van der Waals surface area (Å²) < 4.78 is 16.3. The van der Waals surface area contributed by atoms with Crippen molar-refractivity contribution >= 4 is 17.5 Å². The molecule has 150 valence electrons. The van der Waals surface area contributed by atoms with Gasteiger partial charge in [0.25, 0.3) is 5.91 Å². The molecule has 0 aliphatic carbocycles. The molecule has 1 saturated heterocycles. The zero-order valence-corrected chi connectivity index (χ0v) is 16.6. The molecule has 0 radical (unpaired) electrons. The number of ether oxygens (including phenoxy) is 2. The summed E-state index contributed by atoms with van der Waals surface area (Å²) in [6.45, 7) is 0.569. The van der Waals surface area contributed by atoms with Crippen LogP contribution in [0.5, 0.6) is 11.5 Å². The van der Waals surface area contributed by atoms with E-state index in [1.807, 2.05) is 24.3 Å². The first-order chi connectivity index (χ1) is 14.1. The molecule has 1 amide bonds. The van der Waals surface area contributed by atoms with Crippen LogP contribution in [0.15, 0.2) is 53.1 Å². The highest BCUT2D eigenvalue weighted by atomic mass is 35.5. The van der Waals surface area contributed by atoms with Crippen molar-refractivity contribution in [3.05, 3.63) is 59.4 Å². The van der Waals surface area contributed by atoms with Gasteiger partial charge in [0, 0.05) is 17.1 Å². The largest absolute Gasteiger partial charge is 0.497 e. The number of hydrogen-bond donors (Lipinski definition) is 0. The number of nitrogens with zero attached hydrogens (tertiary/aromatic N) is 3. The van der Waals surface area contributed by atoms with Gasteiger partial charge in [-0.15, -0.1) is 0 Å². The van der Waals surface area contributed by atoms with Gasteiger partial charge in [-0.05, 0) is 49.2 Å². The molecule has 29 heavy (non-hydrogen) atoms. The highest BCUT2D eigenvalue weighted by Crippen LogP contribution is 2.32. The number of carbonyl (C=O) groups is 1. The molecular formula is C21H20ClN3O4. The van der Waals surface area contributed by atoms with E-state index in [0.717, 1.165) is 18.4 Å². The van der Waals surface area contributed by atoms with Crippen molar-refractivity contribution < 1.29 is 18.8 Å². The number of benzene rings is 2. The molecule has 0 bridgehead atoms. The van der Waals surface area contributed by atoms with Crippen LogP contribution in [-0.2, 0) is 4.79 Å².